The Labute approximate surface area is 170 Å². The van der Waals surface area contributed by atoms with Crippen LogP contribution in [0.3, 0.4) is 0 Å². The first-order valence-electron chi connectivity index (χ1n) is 9.56. The molecule has 0 atom stereocenters. The number of rotatable bonds is 4. The average molecular weight is 398 g/mol. The number of benzene rings is 2. The summed E-state index contributed by atoms with van der Waals surface area (Å²) in [5, 5.41) is 9.48. The third-order valence-corrected chi connectivity index (χ3v) is 4.46. The molecule has 7 nitrogen and oxygen atoms in total. The van der Waals surface area contributed by atoms with E-state index in [4.69, 9.17) is 9.47 Å². The van der Waals surface area contributed by atoms with Crippen molar-refractivity contribution in [1.82, 2.24) is 4.90 Å². The van der Waals surface area contributed by atoms with Gasteiger partial charge in [0.25, 0.3) is 0 Å². The van der Waals surface area contributed by atoms with Gasteiger partial charge in [-0.1, -0.05) is 18.2 Å². The normalized spacial score (nSPS) is 14.4. The van der Waals surface area contributed by atoms with Crippen molar-refractivity contribution in [3.63, 3.8) is 0 Å². The molecule has 0 radical (unpaired) electrons. The van der Waals surface area contributed by atoms with Crippen LogP contribution in [0.2, 0.25) is 0 Å². The van der Waals surface area contributed by atoms with Gasteiger partial charge in [0, 0.05) is 37.9 Å². The number of amides is 1. The fraction of sp³-hybridized carbons (Fsp3) is 0.364. The topological polar surface area (TPSA) is 79.3 Å². The highest BCUT2D eigenvalue weighted by Crippen LogP contribution is 2.30. The summed E-state index contributed by atoms with van der Waals surface area (Å²) in [6.45, 7) is 7.85. The molecule has 29 heavy (non-hydrogen) atoms. The van der Waals surface area contributed by atoms with Crippen molar-refractivity contribution in [1.29, 1.82) is 0 Å². The van der Waals surface area contributed by atoms with Gasteiger partial charge in [-0.2, -0.15) is 0 Å². The Morgan fingerprint density at radius 1 is 0.966 bits per heavy atom. The summed E-state index contributed by atoms with van der Waals surface area (Å²) >= 11 is 0. The number of carboxylic acid groups (broad SMARTS) is 1. The molecule has 0 unspecified atom stereocenters. The van der Waals surface area contributed by atoms with E-state index in [1.165, 1.54) is 0 Å². The molecular weight excluding hydrogens is 372 g/mol. The van der Waals surface area contributed by atoms with Gasteiger partial charge in [0.15, 0.2) is 0 Å². The summed E-state index contributed by atoms with van der Waals surface area (Å²) < 4.78 is 11.3. The number of ether oxygens (including phenoxy) is 2. The number of piperazine rings is 1. The lowest BCUT2D eigenvalue weighted by Crippen LogP contribution is -2.50. The zero-order valence-corrected chi connectivity index (χ0v) is 16.9. The van der Waals surface area contributed by atoms with E-state index in [0.717, 1.165) is 5.69 Å². The highest BCUT2D eigenvalue weighted by molar-refractivity contribution is 5.91. The SMILES string of the molecule is CC(C)(C)OC(=O)N1CCN(c2ccc(C(=O)O)c(Oc3ccccc3)c2)CC1. The molecule has 1 fully saturated rings. The van der Waals surface area contributed by atoms with E-state index in [2.05, 4.69) is 4.90 Å². The second kappa shape index (κ2) is 8.43. The van der Waals surface area contributed by atoms with Gasteiger partial charge in [-0.05, 0) is 45.0 Å². The number of aromatic carboxylic acids is 1. The minimum Gasteiger partial charge on any atom is -0.478 e. The predicted molar refractivity (Wildman–Crippen MR) is 110 cm³/mol. The van der Waals surface area contributed by atoms with Crippen molar-refractivity contribution in [3.8, 4) is 11.5 Å². The van der Waals surface area contributed by atoms with E-state index >= 15 is 0 Å². The molecule has 3 rings (SSSR count). The molecule has 7 heteroatoms. The fourth-order valence-electron chi connectivity index (χ4n) is 3.06. The van der Waals surface area contributed by atoms with Crippen molar-refractivity contribution >= 4 is 17.7 Å². The predicted octanol–water partition coefficient (Wildman–Crippen LogP) is 4.23. The van der Waals surface area contributed by atoms with Crippen LogP contribution in [-0.4, -0.2) is 53.8 Å². The summed E-state index contributed by atoms with van der Waals surface area (Å²) in [5.74, 6) is -0.185. The van der Waals surface area contributed by atoms with Crippen molar-refractivity contribution < 1.29 is 24.2 Å². The number of hydrogen-bond acceptors (Lipinski definition) is 5. The van der Waals surface area contributed by atoms with E-state index < -0.39 is 11.6 Å². The maximum Gasteiger partial charge on any atom is 0.410 e. The third-order valence-electron chi connectivity index (χ3n) is 4.46. The molecule has 0 aromatic heterocycles. The largest absolute Gasteiger partial charge is 0.478 e. The molecule has 0 bridgehead atoms. The van der Waals surface area contributed by atoms with Gasteiger partial charge < -0.3 is 24.4 Å². The first-order chi connectivity index (χ1) is 13.7. The lowest BCUT2D eigenvalue weighted by molar-refractivity contribution is 0.0240. The molecule has 0 saturated carbocycles. The van der Waals surface area contributed by atoms with Crippen LogP contribution < -0.4 is 9.64 Å². The molecule has 0 spiro atoms. The molecule has 1 N–H and O–H groups in total. The molecular formula is C22H26N2O5. The van der Waals surface area contributed by atoms with Gasteiger partial charge >= 0.3 is 12.1 Å². The number of para-hydroxylation sites is 1. The maximum atomic E-state index is 12.2. The number of carboxylic acids is 1. The van der Waals surface area contributed by atoms with Crippen LogP contribution in [0, 0.1) is 0 Å². The summed E-state index contributed by atoms with van der Waals surface area (Å²) in [6.07, 6.45) is -0.313. The van der Waals surface area contributed by atoms with Crippen LogP contribution in [-0.2, 0) is 4.74 Å². The molecule has 1 amide bonds. The molecule has 2 aromatic rings. The van der Waals surface area contributed by atoms with E-state index in [0.29, 0.717) is 31.9 Å². The summed E-state index contributed by atoms with van der Waals surface area (Å²) in [5.41, 5.74) is 0.430. The van der Waals surface area contributed by atoms with Crippen LogP contribution in [0.25, 0.3) is 0 Å². The first kappa shape index (κ1) is 20.5. The Balaban J connectivity index is 1.72. The van der Waals surface area contributed by atoms with Crippen LogP contribution in [0.4, 0.5) is 10.5 Å². The van der Waals surface area contributed by atoms with Gasteiger partial charge in [-0.25, -0.2) is 9.59 Å². The molecule has 1 heterocycles. The van der Waals surface area contributed by atoms with Gasteiger partial charge in [-0.3, -0.25) is 0 Å². The minimum atomic E-state index is -1.04. The highest BCUT2D eigenvalue weighted by Gasteiger charge is 2.26. The molecule has 154 valence electrons. The molecule has 0 aliphatic carbocycles. The highest BCUT2D eigenvalue weighted by atomic mass is 16.6. The van der Waals surface area contributed by atoms with Gasteiger partial charge in [0.05, 0.1) is 0 Å². The van der Waals surface area contributed by atoms with E-state index in [1.807, 2.05) is 39.0 Å². The van der Waals surface area contributed by atoms with Gasteiger partial charge in [0.1, 0.15) is 22.7 Å². The molecule has 1 aliphatic rings. The summed E-state index contributed by atoms with van der Waals surface area (Å²) in [7, 11) is 0. The van der Waals surface area contributed by atoms with Crippen molar-refractivity contribution in [3.05, 3.63) is 54.1 Å². The van der Waals surface area contributed by atoms with Crippen LogP contribution >= 0.6 is 0 Å². The number of hydrogen-bond donors (Lipinski definition) is 1. The Kier molecular flexibility index (Phi) is 5.96. The quantitative estimate of drug-likeness (QED) is 0.830. The maximum absolute atomic E-state index is 12.2. The Morgan fingerprint density at radius 2 is 1.62 bits per heavy atom. The Bertz CT molecular complexity index is 869. The number of carbonyl (C=O) groups excluding carboxylic acids is 1. The second-order valence-electron chi connectivity index (χ2n) is 7.86. The monoisotopic (exact) mass is 398 g/mol. The average Bonchev–Trinajstić information content (AvgIpc) is 2.67. The molecule has 1 saturated heterocycles. The zero-order valence-electron chi connectivity index (χ0n) is 16.9. The van der Waals surface area contributed by atoms with Crippen molar-refractivity contribution in [2.45, 2.75) is 26.4 Å². The van der Waals surface area contributed by atoms with Crippen molar-refractivity contribution in [2.24, 2.45) is 0 Å². The molecule has 1 aliphatic heterocycles. The smallest absolute Gasteiger partial charge is 0.410 e. The number of carbonyl (C=O) groups is 2. The minimum absolute atomic E-state index is 0.102. The third kappa shape index (κ3) is 5.40. The first-order valence-corrected chi connectivity index (χ1v) is 9.56. The number of anilines is 1. The summed E-state index contributed by atoms with van der Waals surface area (Å²) in [4.78, 5) is 27.6. The van der Waals surface area contributed by atoms with Gasteiger partial charge in [0.2, 0.25) is 0 Å². The second-order valence-corrected chi connectivity index (χ2v) is 7.86. The lowest BCUT2D eigenvalue weighted by atomic mass is 10.1. The fourth-order valence-corrected chi connectivity index (χ4v) is 3.06. The van der Waals surface area contributed by atoms with E-state index in [9.17, 15) is 14.7 Å². The zero-order chi connectivity index (χ0) is 21.0. The van der Waals surface area contributed by atoms with E-state index in [-0.39, 0.29) is 17.4 Å². The molecule has 2 aromatic carbocycles. The standard InChI is InChI=1S/C22H26N2O5/c1-22(2,3)29-21(27)24-13-11-23(12-14-24)16-9-10-18(20(25)26)19(15-16)28-17-7-5-4-6-8-17/h4-10,15H,11-14H2,1-3H3,(H,25,26). The van der Waals surface area contributed by atoms with Gasteiger partial charge in [-0.15, -0.1) is 0 Å². The van der Waals surface area contributed by atoms with Crippen LogP contribution in [0.15, 0.2) is 48.5 Å². The van der Waals surface area contributed by atoms with Crippen LogP contribution in [0.5, 0.6) is 11.5 Å². The van der Waals surface area contributed by atoms with E-state index in [1.54, 1.807) is 35.2 Å². The van der Waals surface area contributed by atoms with Crippen molar-refractivity contribution in [2.75, 3.05) is 31.1 Å². The van der Waals surface area contributed by atoms with Crippen LogP contribution in [0.1, 0.15) is 31.1 Å². The lowest BCUT2D eigenvalue weighted by Gasteiger charge is -2.36. The summed E-state index contributed by atoms with van der Waals surface area (Å²) in [6, 6.07) is 14.1. The number of nitrogens with zero attached hydrogens (tertiary/aromatic N) is 2. The Morgan fingerprint density at radius 3 is 2.21 bits per heavy atom. The Hall–Kier alpha value is -3.22.